The van der Waals surface area contributed by atoms with Crippen LogP contribution in [0.1, 0.15) is 30.0 Å². The van der Waals surface area contributed by atoms with Crippen LogP contribution >= 0.6 is 0 Å². The Morgan fingerprint density at radius 2 is 1.54 bits per heavy atom. The SMILES string of the molecule is CCCc1c(F)cc(C#Cc2ccc3c(F)c(F)ccc3c2)c(F)c1F. The maximum atomic E-state index is 14.1. The Labute approximate surface area is 147 Å². The standard InChI is InChI=1S/C21H13F5/c1-2-3-16-18(23)11-14(19(24)21(16)26)6-4-12-5-8-15-13(10-12)7-9-17(22)20(15)25/h5,7-11H,2-3H2,1H3. The monoisotopic (exact) mass is 360 g/mol. The lowest BCUT2D eigenvalue weighted by molar-refractivity contribution is 0.476. The van der Waals surface area contributed by atoms with E-state index in [2.05, 4.69) is 11.8 Å². The maximum Gasteiger partial charge on any atom is 0.174 e. The fraction of sp³-hybridized carbons (Fsp3) is 0.143. The molecule has 0 unspecified atom stereocenters. The molecule has 5 heteroatoms. The van der Waals surface area contributed by atoms with Crippen LogP contribution in [-0.2, 0) is 6.42 Å². The Kier molecular flexibility index (Phi) is 4.94. The number of rotatable bonds is 2. The first kappa shape index (κ1) is 17.9. The second-order valence-electron chi connectivity index (χ2n) is 5.81. The molecule has 0 aromatic heterocycles. The summed E-state index contributed by atoms with van der Waals surface area (Å²) in [6, 6.07) is 7.51. The van der Waals surface area contributed by atoms with Crippen LogP contribution in [0.5, 0.6) is 0 Å². The molecule has 0 aliphatic rings. The third kappa shape index (κ3) is 3.28. The van der Waals surface area contributed by atoms with Crippen LogP contribution in [0.3, 0.4) is 0 Å². The van der Waals surface area contributed by atoms with Gasteiger partial charge in [-0.3, -0.25) is 0 Å². The van der Waals surface area contributed by atoms with Crippen molar-refractivity contribution in [2.24, 2.45) is 0 Å². The molecular weight excluding hydrogens is 347 g/mol. The molecule has 132 valence electrons. The van der Waals surface area contributed by atoms with E-state index in [4.69, 9.17) is 0 Å². The van der Waals surface area contributed by atoms with Gasteiger partial charge in [-0.05, 0) is 36.1 Å². The van der Waals surface area contributed by atoms with E-state index in [0.717, 1.165) is 12.1 Å². The Bertz CT molecular complexity index is 1060. The number of benzene rings is 3. The summed E-state index contributed by atoms with van der Waals surface area (Å²) in [5, 5.41) is 0.495. The van der Waals surface area contributed by atoms with E-state index in [0.29, 0.717) is 17.4 Å². The molecule has 3 aromatic rings. The van der Waals surface area contributed by atoms with Crippen LogP contribution in [-0.4, -0.2) is 0 Å². The zero-order chi connectivity index (χ0) is 18.8. The summed E-state index contributed by atoms with van der Waals surface area (Å²) in [6.07, 6.45) is 0.571. The Morgan fingerprint density at radius 3 is 2.27 bits per heavy atom. The topological polar surface area (TPSA) is 0 Å². The number of halogens is 5. The van der Waals surface area contributed by atoms with Crippen molar-refractivity contribution in [3.63, 3.8) is 0 Å². The lowest BCUT2D eigenvalue weighted by Crippen LogP contribution is -2.02. The van der Waals surface area contributed by atoms with Crippen LogP contribution in [0, 0.1) is 40.9 Å². The minimum absolute atomic E-state index is 0.0859. The van der Waals surface area contributed by atoms with Crippen molar-refractivity contribution in [1.29, 1.82) is 0 Å². The molecule has 0 radical (unpaired) electrons. The zero-order valence-corrected chi connectivity index (χ0v) is 13.8. The van der Waals surface area contributed by atoms with Crippen molar-refractivity contribution in [2.75, 3.05) is 0 Å². The van der Waals surface area contributed by atoms with Crippen LogP contribution in [0.25, 0.3) is 10.8 Å². The van der Waals surface area contributed by atoms with Gasteiger partial charge >= 0.3 is 0 Å². The van der Waals surface area contributed by atoms with E-state index in [1.807, 2.05) is 0 Å². The summed E-state index contributed by atoms with van der Waals surface area (Å²) in [5.41, 5.74) is -0.314. The average Bonchev–Trinajstić information content (AvgIpc) is 2.63. The number of hydrogen-bond acceptors (Lipinski definition) is 0. The fourth-order valence-electron chi connectivity index (χ4n) is 2.69. The highest BCUT2D eigenvalue weighted by atomic mass is 19.2. The molecule has 0 N–H and O–H groups in total. The van der Waals surface area contributed by atoms with Crippen LogP contribution in [0.4, 0.5) is 22.0 Å². The molecule has 0 bridgehead atoms. The third-order valence-electron chi connectivity index (χ3n) is 4.00. The van der Waals surface area contributed by atoms with Gasteiger partial charge in [-0.15, -0.1) is 0 Å². The van der Waals surface area contributed by atoms with Crippen molar-refractivity contribution >= 4 is 10.8 Å². The van der Waals surface area contributed by atoms with Crippen molar-refractivity contribution in [3.8, 4) is 11.8 Å². The smallest absolute Gasteiger partial charge is 0.174 e. The van der Waals surface area contributed by atoms with E-state index in [1.54, 1.807) is 6.92 Å². The first-order valence-corrected chi connectivity index (χ1v) is 7.98. The molecule has 0 nitrogen and oxygen atoms in total. The summed E-state index contributed by atoms with van der Waals surface area (Å²) in [4.78, 5) is 0. The number of fused-ring (bicyclic) bond motifs is 1. The van der Waals surface area contributed by atoms with Gasteiger partial charge in [0, 0.05) is 16.5 Å². The van der Waals surface area contributed by atoms with E-state index < -0.39 is 34.6 Å². The fourth-order valence-corrected chi connectivity index (χ4v) is 2.69. The predicted molar refractivity (Wildman–Crippen MR) is 90.2 cm³/mol. The summed E-state index contributed by atoms with van der Waals surface area (Å²) < 4.78 is 68.9. The van der Waals surface area contributed by atoms with E-state index in [1.165, 1.54) is 24.3 Å². The Balaban J connectivity index is 2.02. The molecular formula is C21H13F5. The summed E-state index contributed by atoms with van der Waals surface area (Å²) in [7, 11) is 0. The molecule has 0 amide bonds. The van der Waals surface area contributed by atoms with Gasteiger partial charge in [0.1, 0.15) is 5.82 Å². The van der Waals surface area contributed by atoms with Gasteiger partial charge in [0.05, 0.1) is 5.56 Å². The molecule has 0 atom stereocenters. The molecule has 0 spiro atoms. The first-order chi connectivity index (χ1) is 12.4. The number of hydrogen-bond donors (Lipinski definition) is 0. The summed E-state index contributed by atoms with van der Waals surface area (Å²) in [6.45, 7) is 1.74. The third-order valence-corrected chi connectivity index (χ3v) is 4.00. The normalized spacial score (nSPS) is 10.7. The highest BCUT2D eigenvalue weighted by Gasteiger charge is 2.17. The molecule has 0 saturated carbocycles. The van der Waals surface area contributed by atoms with Gasteiger partial charge in [-0.25, -0.2) is 22.0 Å². The van der Waals surface area contributed by atoms with Crippen molar-refractivity contribution in [3.05, 3.63) is 82.2 Å². The maximum absolute atomic E-state index is 14.1. The van der Waals surface area contributed by atoms with Crippen LogP contribution in [0.15, 0.2) is 36.4 Å². The largest absolute Gasteiger partial charge is 0.207 e. The molecule has 0 saturated heterocycles. The lowest BCUT2D eigenvalue weighted by Gasteiger charge is -2.06. The van der Waals surface area contributed by atoms with Crippen LogP contribution in [0.2, 0.25) is 0 Å². The minimum atomic E-state index is -1.23. The summed E-state index contributed by atoms with van der Waals surface area (Å²) in [5.74, 6) is -0.207. The molecule has 0 heterocycles. The van der Waals surface area contributed by atoms with E-state index >= 15 is 0 Å². The summed E-state index contributed by atoms with van der Waals surface area (Å²) >= 11 is 0. The minimum Gasteiger partial charge on any atom is -0.207 e. The van der Waals surface area contributed by atoms with Crippen molar-refractivity contribution in [2.45, 2.75) is 19.8 Å². The van der Waals surface area contributed by atoms with Crippen molar-refractivity contribution < 1.29 is 22.0 Å². The quantitative estimate of drug-likeness (QED) is 0.304. The molecule has 26 heavy (non-hydrogen) atoms. The van der Waals surface area contributed by atoms with Gasteiger partial charge in [0.15, 0.2) is 23.3 Å². The Hall–Kier alpha value is -2.87. The van der Waals surface area contributed by atoms with Gasteiger partial charge < -0.3 is 0 Å². The van der Waals surface area contributed by atoms with Crippen LogP contribution < -0.4 is 0 Å². The Morgan fingerprint density at radius 1 is 0.769 bits per heavy atom. The van der Waals surface area contributed by atoms with E-state index in [9.17, 15) is 22.0 Å². The molecule has 3 rings (SSSR count). The lowest BCUT2D eigenvalue weighted by atomic mass is 10.0. The van der Waals surface area contributed by atoms with Gasteiger partial charge in [0.2, 0.25) is 0 Å². The zero-order valence-electron chi connectivity index (χ0n) is 13.8. The molecule has 3 aromatic carbocycles. The van der Waals surface area contributed by atoms with Gasteiger partial charge in [-0.1, -0.05) is 37.3 Å². The molecule has 0 aliphatic carbocycles. The van der Waals surface area contributed by atoms with Gasteiger partial charge in [0.25, 0.3) is 0 Å². The second-order valence-corrected chi connectivity index (χ2v) is 5.81. The molecule has 0 fully saturated rings. The van der Waals surface area contributed by atoms with Crippen molar-refractivity contribution in [1.82, 2.24) is 0 Å². The second kappa shape index (κ2) is 7.17. The highest BCUT2D eigenvalue weighted by molar-refractivity contribution is 5.84. The van der Waals surface area contributed by atoms with Gasteiger partial charge in [-0.2, -0.15) is 0 Å². The predicted octanol–water partition coefficient (Wildman–Crippen LogP) is 5.89. The van der Waals surface area contributed by atoms with E-state index in [-0.39, 0.29) is 17.4 Å². The first-order valence-electron chi connectivity index (χ1n) is 7.98. The highest BCUT2D eigenvalue weighted by Crippen LogP contribution is 2.23. The average molecular weight is 360 g/mol. The molecule has 0 aliphatic heterocycles.